The van der Waals surface area contributed by atoms with E-state index in [2.05, 4.69) is 10.4 Å². The number of nitrogens with one attached hydrogen (secondary N) is 1. The molecule has 0 radical (unpaired) electrons. The third-order valence-corrected chi connectivity index (χ3v) is 6.85. The molecule has 2 aromatic carbocycles. The van der Waals surface area contributed by atoms with Crippen LogP contribution in [0.3, 0.4) is 0 Å². The van der Waals surface area contributed by atoms with E-state index in [-0.39, 0.29) is 17.3 Å². The fourth-order valence-electron chi connectivity index (χ4n) is 4.14. The number of anilines is 1. The van der Waals surface area contributed by atoms with Gasteiger partial charge < -0.3 is 14.8 Å². The lowest BCUT2D eigenvalue weighted by Crippen LogP contribution is -2.15. The molecule has 12 heteroatoms. The molecule has 3 heterocycles. The molecular formula is C26H26FN7O3S. The quantitative estimate of drug-likeness (QED) is 0.221. The van der Waals surface area contributed by atoms with Crippen molar-refractivity contribution in [1.29, 1.82) is 0 Å². The van der Waals surface area contributed by atoms with Crippen LogP contribution in [-0.4, -0.2) is 55.2 Å². The highest BCUT2D eigenvalue weighted by Gasteiger charge is 2.18. The summed E-state index contributed by atoms with van der Waals surface area (Å²) in [6, 6.07) is 11.6. The number of benzene rings is 2. The molecule has 196 valence electrons. The average Bonchev–Trinajstić information content (AvgIpc) is 3.48. The topological polar surface area (TPSA) is 108 Å². The van der Waals surface area contributed by atoms with Crippen molar-refractivity contribution in [3.63, 3.8) is 0 Å². The van der Waals surface area contributed by atoms with E-state index in [4.69, 9.17) is 24.5 Å². The highest BCUT2D eigenvalue weighted by atomic mass is 32.2. The molecule has 3 aromatic heterocycles. The van der Waals surface area contributed by atoms with E-state index in [1.165, 1.54) is 23.9 Å². The zero-order valence-corrected chi connectivity index (χ0v) is 22.2. The lowest BCUT2D eigenvalue weighted by atomic mass is 10.2. The van der Waals surface area contributed by atoms with Gasteiger partial charge in [0.05, 0.1) is 36.9 Å². The van der Waals surface area contributed by atoms with Crippen LogP contribution in [0.4, 0.5) is 10.1 Å². The Balaban J connectivity index is 1.49. The Morgan fingerprint density at radius 3 is 2.53 bits per heavy atom. The minimum Gasteiger partial charge on any atom is -0.493 e. The van der Waals surface area contributed by atoms with Crippen molar-refractivity contribution in [2.24, 2.45) is 0 Å². The number of methoxy groups -OCH3 is 2. The molecule has 38 heavy (non-hydrogen) atoms. The third kappa shape index (κ3) is 5.12. The Hall–Kier alpha value is -4.19. The summed E-state index contributed by atoms with van der Waals surface area (Å²) in [7, 11) is 3.12. The van der Waals surface area contributed by atoms with Gasteiger partial charge >= 0.3 is 0 Å². The number of amides is 1. The summed E-state index contributed by atoms with van der Waals surface area (Å²) in [5, 5.41) is 13.0. The summed E-state index contributed by atoms with van der Waals surface area (Å²) in [6.07, 6.45) is 0.552. The molecule has 0 aliphatic carbocycles. The van der Waals surface area contributed by atoms with Gasteiger partial charge in [-0.05, 0) is 38.1 Å². The van der Waals surface area contributed by atoms with Gasteiger partial charge in [0.25, 0.3) is 0 Å². The van der Waals surface area contributed by atoms with Crippen molar-refractivity contribution in [2.45, 2.75) is 32.0 Å². The van der Waals surface area contributed by atoms with Crippen LogP contribution in [0, 0.1) is 19.7 Å². The first-order valence-electron chi connectivity index (χ1n) is 11.9. The first-order valence-corrected chi connectivity index (χ1v) is 12.8. The predicted molar refractivity (Wildman–Crippen MR) is 143 cm³/mol. The molecule has 0 fully saturated rings. The molecule has 0 saturated carbocycles. The maximum Gasteiger partial charge on any atom is 0.234 e. The van der Waals surface area contributed by atoms with E-state index in [9.17, 15) is 9.18 Å². The van der Waals surface area contributed by atoms with Gasteiger partial charge in [0.2, 0.25) is 5.91 Å². The van der Waals surface area contributed by atoms with Gasteiger partial charge in [0.1, 0.15) is 5.82 Å². The number of thioether (sulfide) groups is 1. The molecule has 0 aliphatic heterocycles. The van der Waals surface area contributed by atoms with Crippen molar-refractivity contribution >= 4 is 39.9 Å². The number of hydrogen-bond acceptors (Lipinski definition) is 8. The average molecular weight is 536 g/mol. The third-order valence-electron chi connectivity index (χ3n) is 5.92. The second-order valence-corrected chi connectivity index (χ2v) is 9.54. The lowest BCUT2D eigenvalue weighted by molar-refractivity contribution is -0.113. The van der Waals surface area contributed by atoms with Crippen LogP contribution in [0.15, 0.2) is 47.6 Å². The van der Waals surface area contributed by atoms with Gasteiger partial charge in [0, 0.05) is 30.1 Å². The van der Waals surface area contributed by atoms with E-state index in [0.717, 1.165) is 16.8 Å². The van der Waals surface area contributed by atoms with Gasteiger partial charge in [0.15, 0.2) is 28.1 Å². The molecule has 0 bridgehead atoms. The van der Waals surface area contributed by atoms with Gasteiger partial charge in [-0.15, -0.1) is 5.10 Å². The van der Waals surface area contributed by atoms with Crippen LogP contribution in [0.1, 0.15) is 17.2 Å². The molecule has 0 saturated heterocycles. The summed E-state index contributed by atoms with van der Waals surface area (Å²) in [5.74, 6) is 0.805. The number of aryl methyl sites for hydroxylation is 4. The molecule has 5 aromatic rings. The van der Waals surface area contributed by atoms with E-state index >= 15 is 0 Å². The number of hydrogen-bond donors (Lipinski definition) is 1. The molecule has 1 N–H and O–H groups in total. The Morgan fingerprint density at radius 1 is 1.05 bits per heavy atom. The maximum atomic E-state index is 14.0. The highest BCUT2D eigenvalue weighted by Crippen LogP contribution is 2.34. The van der Waals surface area contributed by atoms with Gasteiger partial charge in [-0.25, -0.2) is 14.4 Å². The zero-order valence-electron chi connectivity index (χ0n) is 21.4. The fourth-order valence-corrected chi connectivity index (χ4v) is 4.88. The second kappa shape index (κ2) is 10.7. The summed E-state index contributed by atoms with van der Waals surface area (Å²) >= 11 is 1.18. The molecule has 0 spiro atoms. The van der Waals surface area contributed by atoms with Crippen LogP contribution < -0.4 is 14.8 Å². The first-order chi connectivity index (χ1) is 18.4. The molecule has 0 atom stereocenters. The van der Waals surface area contributed by atoms with Crippen LogP contribution in [-0.2, 0) is 17.8 Å². The monoisotopic (exact) mass is 535 g/mol. The SMILES string of the molecule is COc1cc2nc(SCC(=O)Nc3ccccc3F)n3nc(CCn4nc(C)cc4C)nc3c2cc1OC. The fraction of sp³-hybridized carbons (Fsp3) is 0.269. The Morgan fingerprint density at radius 2 is 1.82 bits per heavy atom. The molecule has 0 unspecified atom stereocenters. The van der Waals surface area contributed by atoms with Gasteiger partial charge in [-0.2, -0.15) is 9.61 Å². The van der Waals surface area contributed by atoms with Gasteiger partial charge in [-0.3, -0.25) is 9.48 Å². The standard InChI is InChI=1S/C26H26FN7O3S/c1-15-11-16(2)33(31-15)10-9-23-30-25-17-12-21(36-3)22(37-4)13-20(17)29-26(34(25)32-23)38-14-24(35)28-19-8-6-5-7-18(19)27/h5-8,11-13H,9-10,14H2,1-4H3,(H,28,35). The summed E-state index contributed by atoms with van der Waals surface area (Å²) in [5.41, 5.74) is 3.33. The largest absolute Gasteiger partial charge is 0.493 e. The number of carbonyl (C=O) groups is 1. The maximum absolute atomic E-state index is 14.0. The van der Waals surface area contributed by atoms with Crippen molar-refractivity contribution in [1.82, 2.24) is 29.4 Å². The summed E-state index contributed by atoms with van der Waals surface area (Å²) in [4.78, 5) is 22.2. The minimum absolute atomic E-state index is 0.00379. The normalized spacial score (nSPS) is 11.3. The molecule has 1 amide bonds. The Bertz CT molecular complexity index is 1650. The molecular weight excluding hydrogens is 509 g/mol. The highest BCUT2D eigenvalue weighted by molar-refractivity contribution is 7.99. The van der Waals surface area contributed by atoms with Crippen LogP contribution in [0.2, 0.25) is 0 Å². The van der Waals surface area contributed by atoms with Crippen LogP contribution >= 0.6 is 11.8 Å². The Kier molecular flexibility index (Phi) is 7.14. The van der Waals surface area contributed by atoms with Crippen molar-refractivity contribution < 1.29 is 18.7 Å². The predicted octanol–water partition coefficient (Wildman–Crippen LogP) is 4.22. The van der Waals surface area contributed by atoms with Gasteiger partial charge in [-0.1, -0.05) is 23.9 Å². The molecule has 0 aliphatic rings. The van der Waals surface area contributed by atoms with E-state index in [1.54, 1.807) is 36.9 Å². The molecule has 10 nitrogen and oxygen atoms in total. The summed E-state index contributed by atoms with van der Waals surface area (Å²) < 4.78 is 28.5. The van der Waals surface area contributed by atoms with Crippen LogP contribution in [0.5, 0.6) is 11.5 Å². The lowest BCUT2D eigenvalue weighted by Gasteiger charge is -2.11. The number of fused-ring (bicyclic) bond motifs is 3. The zero-order chi connectivity index (χ0) is 26.8. The summed E-state index contributed by atoms with van der Waals surface area (Å²) in [6.45, 7) is 4.58. The van der Waals surface area contributed by atoms with Crippen molar-refractivity contribution in [3.05, 3.63) is 65.5 Å². The number of rotatable bonds is 9. The number of halogens is 1. The second-order valence-electron chi connectivity index (χ2n) is 8.60. The van der Waals surface area contributed by atoms with Crippen LogP contribution in [0.25, 0.3) is 16.6 Å². The number of carbonyl (C=O) groups excluding carboxylic acids is 1. The number of aromatic nitrogens is 6. The smallest absolute Gasteiger partial charge is 0.234 e. The van der Waals surface area contributed by atoms with E-state index in [1.807, 2.05) is 30.7 Å². The minimum atomic E-state index is -0.498. The first kappa shape index (κ1) is 25.5. The Labute approximate surface area is 222 Å². The van der Waals surface area contributed by atoms with E-state index < -0.39 is 5.82 Å². The number of para-hydroxylation sites is 1. The molecule has 5 rings (SSSR count). The number of ether oxygens (including phenoxy) is 2. The van der Waals surface area contributed by atoms with Crippen molar-refractivity contribution in [2.75, 3.05) is 25.3 Å². The van der Waals surface area contributed by atoms with Crippen molar-refractivity contribution in [3.8, 4) is 11.5 Å². The van der Waals surface area contributed by atoms with E-state index in [0.29, 0.717) is 46.6 Å². The number of nitrogens with zero attached hydrogens (tertiary/aromatic N) is 6.